The Kier molecular flexibility index (Phi) is 4.78. The van der Waals surface area contributed by atoms with Gasteiger partial charge in [0, 0.05) is 56.6 Å². The Hall–Kier alpha value is -1.66. The molecule has 0 unspecified atom stereocenters. The van der Waals surface area contributed by atoms with Crippen LogP contribution in [0.2, 0.25) is 0 Å². The highest BCUT2D eigenvalue weighted by molar-refractivity contribution is 5.20. The van der Waals surface area contributed by atoms with E-state index in [9.17, 15) is 0 Å². The molecule has 0 N–H and O–H groups in total. The van der Waals surface area contributed by atoms with Gasteiger partial charge < -0.3 is 4.52 Å². The molecule has 1 fully saturated rings. The van der Waals surface area contributed by atoms with Crippen LogP contribution >= 0.6 is 0 Å². The molecule has 0 aliphatic carbocycles. The average molecular weight is 331 g/mol. The maximum absolute atomic E-state index is 5.27. The molecule has 24 heavy (non-hydrogen) atoms. The average Bonchev–Trinajstić information content (AvgIpc) is 3.11. The third-order valence-corrected chi connectivity index (χ3v) is 4.76. The van der Waals surface area contributed by atoms with Crippen molar-refractivity contribution in [3.05, 3.63) is 35.0 Å². The topological polar surface area (TPSA) is 50.3 Å². The molecule has 2 aromatic heterocycles. The van der Waals surface area contributed by atoms with E-state index in [2.05, 4.69) is 51.7 Å². The van der Waals surface area contributed by atoms with Crippen molar-refractivity contribution < 1.29 is 4.52 Å². The van der Waals surface area contributed by atoms with Crippen LogP contribution in [0, 0.1) is 13.8 Å². The molecule has 1 aliphatic rings. The van der Waals surface area contributed by atoms with Crippen molar-refractivity contribution in [3.8, 4) is 0 Å². The van der Waals surface area contributed by atoms with Crippen LogP contribution in [0.1, 0.15) is 43.4 Å². The number of nitrogens with zero attached hydrogens (tertiary/aromatic N) is 5. The minimum atomic E-state index is 0.0469. The summed E-state index contributed by atoms with van der Waals surface area (Å²) in [6.45, 7) is 16.8. The van der Waals surface area contributed by atoms with Gasteiger partial charge in [-0.2, -0.15) is 5.10 Å². The van der Waals surface area contributed by atoms with E-state index in [1.54, 1.807) is 0 Å². The standard InChI is InChI=1S/C18H29N5O/c1-14-17(15(2)24-20-14)13-22-8-6-21(7-9-22)11-16-10-19-23(12-16)18(3,4)5/h10,12H,6-9,11,13H2,1-5H3. The van der Waals surface area contributed by atoms with E-state index in [1.807, 2.05) is 20.0 Å². The van der Waals surface area contributed by atoms with Gasteiger partial charge in [0.2, 0.25) is 0 Å². The monoisotopic (exact) mass is 331 g/mol. The van der Waals surface area contributed by atoms with Gasteiger partial charge in [-0.05, 0) is 34.6 Å². The number of hydrogen-bond donors (Lipinski definition) is 0. The van der Waals surface area contributed by atoms with E-state index in [4.69, 9.17) is 4.52 Å². The molecule has 132 valence electrons. The van der Waals surface area contributed by atoms with Gasteiger partial charge in [0.05, 0.1) is 17.4 Å². The summed E-state index contributed by atoms with van der Waals surface area (Å²) in [4.78, 5) is 5.00. The van der Waals surface area contributed by atoms with E-state index < -0.39 is 0 Å². The molecule has 6 heteroatoms. The van der Waals surface area contributed by atoms with Gasteiger partial charge in [0.15, 0.2) is 0 Å². The predicted octanol–water partition coefficient (Wildman–Crippen LogP) is 2.56. The van der Waals surface area contributed by atoms with Crippen molar-refractivity contribution in [2.24, 2.45) is 0 Å². The Balaban J connectivity index is 1.51. The van der Waals surface area contributed by atoms with Crippen molar-refractivity contribution in [1.29, 1.82) is 0 Å². The molecule has 0 atom stereocenters. The first-order valence-electron chi connectivity index (χ1n) is 8.73. The lowest BCUT2D eigenvalue weighted by Crippen LogP contribution is -2.45. The van der Waals surface area contributed by atoms with Crippen LogP contribution < -0.4 is 0 Å². The minimum absolute atomic E-state index is 0.0469. The highest BCUT2D eigenvalue weighted by atomic mass is 16.5. The number of hydrogen-bond acceptors (Lipinski definition) is 5. The van der Waals surface area contributed by atoms with Crippen molar-refractivity contribution in [2.45, 2.75) is 53.2 Å². The maximum Gasteiger partial charge on any atom is 0.138 e. The summed E-state index contributed by atoms with van der Waals surface area (Å²) in [6, 6.07) is 0. The highest BCUT2D eigenvalue weighted by Crippen LogP contribution is 2.18. The number of aromatic nitrogens is 3. The van der Waals surface area contributed by atoms with Gasteiger partial charge in [0.25, 0.3) is 0 Å². The Morgan fingerprint density at radius 3 is 2.17 bits per heavy atom. The lowest BCUT2D eigenvalue weighted by molar-refractivity contribution is 0.121. The summed E-state index contributed by atoms with van der Waals surface area (Å²) in [7, 11) is 0. The smallest absolute Gasteiger partial charge is 0.138 e. The molecular formula is C18H29N5O. The first-order chi connectivity index (χ1) is 11.3. The normalized spacial score (nSPS) is 17.5. The van der Waals surface area contributed by atoms with Crippen molar-refractivity contribution in [3.63, 3.8) is 0 Å². The quantitative estimate of drug-likeness (QED) is 0.862. The second-order valence-corrected chi connectivity index (χ2v) is 7.82. The van der Waals surface area contributed by atoms with E-state index in [1.165, 1.54) is 11.1 Å². The van der Waals surface area contributed by atoms with Crippen LogP contribution in [0.5, 0.6) is 0 Å². The fourth-order valence-corrected chi connectivity index (χ4v) is 3.12. The molecule has 0 aromatic carbocycles. The first kappa shape index (κ1) is 17.2. The Morgan fingerprint density at radius 1 is 1.04 bits per heavy atom. The van der Waals surface area contributed by atoms with Gasteiger partial charge >= 0.3 is 0 Å². The molecular weight excluding hydrogens is 302 g/mol. The molecule has 0 bridgehead atoms. The number of aryl methyl sites for hydroxylation is 2. The Morgan fingerprint density at radius 2 is 1.67 bits per heavy atom. The predicted molar refractivity (Wildman–Crippen MR) is 93.8 cm³/mol. The summed E-state index contributed by atoms with van der Waals surface area (Å²) in [5.74, 6) is 0.949. The second kappa shape index (κ2) is 6.69. The van der Waals surface area contributed by atoms with Gasteiger partial charge in [-0.15, -0.1) is 0 Å². The van der Waals surface area contributed by atoms with Crippen LogP contribution in [-0.4, -0.2) is 50.9 Å². The summed E-state index contributed by atoms with van der Waals surface area (Å²) in [5.41, 5.74) is 3.61. The molecule has 6 nitrogen and oxygen atoms in total. The summed E-state index contributed by atoms with van der Waals surface area (Å²) in [6.07, 6.45) is 4.18. The van der Waals surface area contributed by atoms with E-state index in [-0.39, 0.29) is 5.54 Å². The molecule has 2 aromatic rings. The molecule has 3 heterocycles. The number of piperazine rings is 1. The van der Waals surface area contributed by atoms with E-state index in [0.717, 1.165) is 50.7 Å². The fraction of sp³-hybridized carbons (Fsp3) is 0.667. The van der Waals surface area contributed by atoms with Gasteiger partial charge in [0.1, 0.15) is 5.76 Å². The largest absolute Gasteiger partial charge is 0.361 e. The first-order valence-corrected chi connectivity index (χ1v) is 8.73. The number of rotatable bonds is 4. The molecule has 0 saturated carbocycles. The SMILES string of the molecule is Cc1noc(C)c1CN1CCN(Cc2cnn(C(C)(C)C)c2)CC1. The van der Waals surface area contributed by atoms with Gasteiger partial charge in [-0.25, -0.2) is 0 Å². The molecule has 1 saturated heterocycles. The van der Waals surface area contributed by atoms with Crippen LogP contribution in [0.3, 0.4) is 0 Å². The summed E-state index contributed by atoms with van der Waals surface area (Å²) in [5, 5.41) is 8.55. The lowest BCUT2D eigenvalue weighted by atomic mass is 10.1. The van der Waals surface area contributed by atoms with Crippen molar-refractivity contribution >= 4 is 0 Å². The van der Waals surface area contributed by atoms with Crippen LogP contribution in [0.25, 0.3) is 0 Å². The zero-order chi connectivity index (χ0) is 17.3. The molecule has 0 radical (unpaired) electrons. The third-order valence-electron chi connectivity index (χ3n) is 4.76. The second-order valence-electron chi connectivity index (χ2n) is 7.82. The summed E-state index contributed by atoms with van der Waals surface area (Å²) >= 11 is 0. The third kappa shape index (κ3) is 3.87. The van der Waals surface area contributed by atoms with Gasteiger partial charge in [-0.3, -0.25) is 14.5 Å². The van der Waals surface area contributed by atoms with Crippen LogP contribution in [-0.2, 0) is 18.6 Å². The lowest BCUT2D eigenvalue weighted by Gasteiger charge is -2.34. The Bertz CT molecular complexity index is 654. The highest BCUT2D eigenvalue weighted by Gasteiger charge is 2.21. The van der Waals surface area contributed by atoms with E-state index >= 15 is 0 Å². The van der Waals surface area contributed by atoms with Crippen LogP contribution in [0.15, 0.2) is 16.9 Å². The zero-order valence-electron chi connectivity index (χ0n) is 15.5. The zero-order valence-corrected chi connectivity index (χ0v) is 15.5. The summed E-state index contributed by atoms with van der Waals surface area (Å²) < 4.78 is 7.32. The molecule has 0 amide bonds. The van der Waals surface area contributed by atoms with Crippen molar-refractivity contribution in [2.75, 3.05) is 26.2 Å². The maximum atomic E-state index is 5.27. The Labute approximate surface area is 144 Å². The van der Waals surface area contributed by atoms with E-state index in [0.29, 0.717) is 0 Å². The molecule has 1 aliphatic heterocycles. The van der Waals surface area contributed by atoms with Crippen LogP contribution in [0.4, 0.5) is 0 Å². The molecule has 0 spiro atoms. The fourth-order valence-electron chi connectivity index (χ4n) is 3.12. The minimum Gasteiger partial charge on any atom is -0.361 e. The molecule has 3 rings (SSSR count). The van der Waals surface area contributed by atoms with Crippen molar-refractivity contribution in [1.82, 2.24) is 24.7 Å². The van der Waals surface area contributed by atoms with Gasteiger partial charge in [-0.1, -0.05) is 5.16 Å².